The summed E-state index contributed by atoms with van der Waals surface area (Å²) in [6.45, 7) is 51.4. The molecule has 0 spiro atoms. The molecule has 12 atom stereocenters. The molecule has 0 aromatic carbocycles. The van der Waals surface area contributed by atoms with Gasteiger partial charge in [0.15, 0.2) is 12.5 Å². The molecule has 4 heterocycles. The van der Waals surface area contributed by atoms with Crippen molar-refractivity contribution in [1.29, 1.82) is 0 Å². The van der Waals surface area contributed by atoms with Crippen molar-refractivity contribution in [2.75, 3.05) is 111 Å². The number of aromatic amines is 2. The quantitative estimate of drug-likeness (QED) is 0.0217. The van der Waals surface area contributed by atoms with E-state index in [1.54, 1.807) is 0 Å². The zero-order valence-electron chi connectivity index (χ0n) is 74.6. The van der Waals surface area contributed by atoms with Crippen LogP contribution in [0.5, 0.6) is 0 Å². The van der Waals surface area contributed by atoms with Crippen LogP contribution < -0.4 is 22.5 Å². The second kappa shape index (κ2) is 69.9. The average molecular weight is 1790 g/mol. The predicted molar refractivity (Wildman–Crippen MR) is 469 cm³/mol. The van der Waals surface area contributed by atoms with Crippen molar-refractivity contribution in [3.8, 4) is 0 Å². The monoisotopic (exact) mass is 1790 g/mol. The SMILES string of the molecule is CCCCN(CCCC)CCCC.CCCCN(CCCC)CCCC.CCCCN(CCCC)CCCC.CCCCN(CCCC)CCCC.CCCCN(CCCC)CCCC.[B]P(=O)(OP(=O)(O)OP(=O)(O)OC[C@H]1O[C@@H](n2ccc(=O)[nH]c2=O)[C@H](O)[C@@H]1O)OP(=O)(O)OP(=O)(O)OC[C@H]1O[C@@H](n2ccc(=O)[nH]c2=O)[C@H](O)[C@@H]1O. The van der Waals surface area contributed by atoms with Crippen molar-refractivity contribution in [3.05, 3.63) is 66.2 Å². The van der Waals surface area contributed by atoms with Crippen LogP contribution in [0.25, 0.3) is 0 Å². The summed E-state index contributed by atoms with van der Waals surface area (Å²) < 4.78 is 97.0. The van der Waals surface area contributed by atoms with Crippen molar-refractivity contribution >= 4 is 46.3 Å². The van der Waals surface area contributed by atoms with E-state index in [-0.39, 0.29) is 0 Å². The summed E-state index contributed by atoms with van der Waals surface area (Å²) in [4.78, 5) is 103. The van der Waals surface area contributed by atoms with Gasteiger partial charge in [0.25, 0.3) is 18.6 Å². The summed E-state index contributed by atoms with van der Waals surface area (Å²) in [6, 6.07) is 1.70. The Labute approximate surface area is 708 Å². The number of H-pyrrole nitrogens is 2. The molecule has 0 bridgehead atoms. The first kappa shape index (κ1) is 118. The molecule has 2 aromatic rings. The van der Waals surface area contributed by atoms with E-state index in [1.807, 2.05) is 9.97 Å². The van der Waals surface area contributed by atoms with E-state index >= 15 is 0 Å². The zero-order chi connectivity index (χ0) is 89.6. The minimum absolute atomic E-state index is 0.626. The Balaban J connectivity index is 0. The summed E-state index contributed by atoms with van der Waals surface area (Å²) in [5.74, 6) is 0. The van der Waals surface area contributed by atoms with Crippen molar-refractivity contribution in [3.63, 3.8) is 0 Å². The maximum Gasteiger partial charge on any atom is 0.487 e. The van der Waals surface area contributed by atoms with Gasteiger partial charge in [0, 0.05) is 24.5 Å². The fourth-order valence-electron chi connectivity index (χ4n) is 11.8. The predicted octanol–water partition coefficient (Wildman–Crippen LogP) is 14.5. The van der Waals surface area contributed by atoms with Gasteiger partial charge in [0.2, 0.25) is 7.57 Å². The van der Waals surface area contributed by atoms with Gasteiger partial charge in [0.1, 0.15) is 36.6 Å². The van der Waals surface area contributed by atoms with Gasteiger partial charge in [-0.2, -0.15) is 8.62 Å². The smallest absolute Gasteiger partial charge is 0.387 e. The number of nitrogens with one attached hydrogen (secondary N) is 2. The Morgan fingerprint density at radius 2 is 0.517 bits per heavy atom. The van der Waals surface area contributed by atoms with Gasteiger partial charge in [-0.3, -0.25) is 42.3 Å². The molecule has 118 heavy (non-hydrogen) atoms. The van der Waals surface area contributed by atoms with Gasteiger partial charge in [-0.15, -0.1) is 0 Å². The third kappa shape index (κ3) is 56.7. The Morgan fingerprint density at radius 1 is 0.331 bits per heavy atom. The third-order valence-corrected chi connectivity index (χ3v) is 26.7. The van der Waals surface area contributed by atoms with Gasteiger partial charge >= 0.3 is 42.7 Å². The van der Waals surface area contributed by atoms with Crippen LogP contribution in [0.15, 0.2) is 43.7 Å². The molecule has 40 heteroatoms. The van der Waals surface area contributed by atoms with Crippen LogP contribution in [-0.4, -0.2) is 239 Å². The molecule has 0 aliphatic carbocycles. The van der Waals surface area contributed by atoms with Crippen LogP contribution in [0, 0.1) is 0 Å². The molecule has 4 unspecified atom stereocenters. The van der Waals surface area contributed by atoms with Crippen LogP contribution in [0.1, 0.15) is 309 Å². The number of rotatable bonds is 61. The summed E-state index contributed by atoms with van der Waals surface area (Å²) in [7, 11) is -25.3. The first-order valence-electron chi connectivity index (χ1n) is 44.1. The van der Waals surface area contributed by atoms with Gasteiger partial charge in [-0.1, -0.05) is 200 Å². The first-order valence-corrected chi connectivity index (χ1v) is 51.7. The molecular weight excluding hydrogens is 1630 g/mol. The second-order valence-electron chi connectivity index (χ2n) is 30.0. The van der Waals surface area contributed by atoms with Gasteiger partial charge in [-0.25, -0.2) is 36.5 Å². The fraction of sp³-hybridized carbons (Fsp3) is 0.897. The highest BCUT2D eigenvalue weighted by molar-refractivity contribution is 7.87. The van der Waals surface area contributed by atoms with Crippen LogP contribution >= 0.6 is 38.8 Å². The van der Waals surface area contributed by atoms with E-state index in [9.17, 15) is 82.0 Å². The van der Waals surface area contributed by atoms with E-state index < -0.39 is 124 Å². The maximum absolute atomic E-state index is 12.4. The number of nitrogens with zero attached hydrogens (tertiary/aromatic N) is 7. The fourth-order valence-corrected chi connectivity index (χ4v) is 18.4. The highest BCUT2D eigenvalue weighted by Crippen LogP contribution is 2.73. The molecule has 10 N–H and O–H groups in total. The minimum atomic E-state index is -6.26. The third-order valence-electron chi connectivity index (χ3n) is 19.0. The Hall–Kier alpha value is -2.27. The number of hydrogen-bond acceptors (Lipinski definition) is 26. The molecule has 2 fully saturated rings. The largest absolute Gasteiger partial charge is 0.487 e. The Morgan fingerprint density at radius 3 is 0.686 bits per heavy atom. The lowest BCUT2D eigenvalue weighted by Crippen LogP contribution is -2.37. The van der Waals surface area contributed by atoms with Crippen LogP contribution in [0.2, 0.25) is 0 Å². The summed E-state index contributed by atoms with van der Waals surface area (Å²) >= 11 is 0. The maximum atomic E-state index is 12.4. The Kier molecular flexibility index (Phi) is 69.7. The topological polar surface area (TPSA) is 447 Å². The number of aromatic nitrogens is 4. The number of unbranched alkanes of at least 4 members (excludes halogenated alkanes) is 15. The summed E-state index contributed by atoms with van der Waals surface area (Å²) in [5.41, 5.74) is -3.84. The molecule has 34 nitrogen and oxygen atoms in total. The van der Waals surface area contributed by atoms with Gasteiger partial charge < -0.3 is 74.0 Å². The molecule has 0 saturated carbocycles. The normalized spacial score (nSPS) is 20.4. The number of phosphoric acid groups is 4. The van der Waals surface area contributed by atoms with Crippen LogP contribution in [-0.2, 0) is 58.6 Å². The van der Waals surface area contributed by atoms with Crippen molar-refractivity contribution in [2.24, 2.45) is 0 Å². The second-order valence-corrected chi connectivity index (χ2v) is 37.9. The highest BCUT2D eigenvalue weighted by Gasteiger charge is 2.50. The lowest BCUT2D eigenvalue weighted by atomic mass is 10.1. The van der Waals surface area contributed by atoms with E-state index in [0.29, 0.717) is 9.13 Å². The van der Waals surface area contributed by atoms with Crippen molar-refractivity contribution in [1.82, 2.24) is 43.6 Å². The highest BCUT2D eigenvalue weighted by atomic mass is 31.3. The Bertz CT molecular complexity index is 2920. The summed E-state index contributed by atoms with van der Waals surface area (Å²) in [5, 5.41) is 40.7. The lowest BCUT2D eigenvalue weighted by molar-refractivity contribution is -0.0542. The molecular formula is C78H161BN9O25P5. The van der Waals surface area contributed by atoms with E-state index in [1.165, 1.54) is 291 Å². The molecule has 696 valence electrons. The van der Waals surface area contributed by atoms with Crippen molar-refractivity contribution < 1.29 is 98.6 Å². The molecule has 2 aromatic heterocycles. The van der Waals surface area contributed by atoms with Crippen LogP contribution in [0.4, 0.5) is 0 Å². The average Bonchev–Trinajstić information content (AvgIpc) is 1.70. The molecule has 2 radical (unpaired) electrons. The van der Waals surface area contributed by atoms with E-state index in [2.05, 4.69) is 155 Å². The molecule has 0 amide bonds. The van der Waals surface area contributed by atoms with Gasteiger partial charge in [0.05, 0.1) is 13.2 Å². The molecule has 2 aliphatic heterocycles. The van der Waals surface area contributed by atoms with E-state index in [4.69, 9.17) is 17.0 Å². The minimum Gasteiger partial charge on any atom is -0.387 e. The standard InChI is InChI=1S/C18H26BN4O25P5.5C12H27N/c19-49(32,45-52(37,38)47-50(33,34)41-5-7-11(26)13(28)15(43-7)22-3-1-9(24)20-17(22)30)46-53(39,40)48-51(35,36)42-6-8-12(27)14(29)16(44-8)23-4-2-10(25)21-18(23)31;5*1-4-7-10-13(11-8-5-2)12-9-6-3/h1-4,7-8,11-16,26-29H,5-6H2,(H,33,34)(H,35,36)(H,37,38)(H,39,40)(H,20,24,30)(H,21,25,31);5*4-12H2,1-3H3/t7-,8-,11-,12-,13-,14-,15-,16-;;;;;/m1...../s1. The number of aliphatic hydroxyl groups excluding tert-OH is 4. The van der Waals surface area contributed by atoms with Crippen molar-refractivity contribution in [2.45, 2.75) is 346 Å². The lowest BCUT2D eigenvalue weighted by Gasteiger charge is -2.23. The molecule has 2 aliphatic rings. The number of phosphoric ester groups is 2. The van der Waals surface area contributed by atoms with Gasteiger partial charge in [-0.05, 0) is 194 Å². The molecule has 4 rings (SSSR count). The number of hydrogen-bond donors (Lipinski definition) is 10. The van der Waals surface area contributed by atoms with Crippen LogP contribution in [0.3, 0.4) is 0 Å². The summed E-state index contributed by atoms with van der Waals surface area (Å²) in [6.07, 6.45) is 27.6. The van der Waals surface area contributed by atoms with E-state index in [0.717, 1.165) is 24.5 Å². The number of ether oxygens (including phenoxy) is 2. The molecule has 2 saturated heterocycles. The zero-order valence-corrected chi connectivity index (χ0v) is 79.1. The number of aliphatic hydroxyl groups is 4. The first-order chi connectivity index (χ1) is 55.9.